The second-order valence-electron chi connectivity index (χ2n) is 6.82. The number of nitrogens with two attached hydrogens (primary N) is 1. The van der Waals surface area contributed by atoms with Crippen LogP contribution in [0.4, 0.5) is 4.79 Å². The molecule has 1 unspecified atom stereocenters. The molecule has 1 aromatic heterocycles. The van der Waals surface area contributed by atoms with Gasteiger partial charge in [-0.1, -0.05) is 0 Å². The van der Waals surface area contributed by atoms with E-state index in [9.17, 15) is 23.3 Å². The van der Waals surface area contributed by atoms with Crippen molar-refractivity contribution in [2.24, 2.45) is 5.14 Å². The first-order valence-corrected chi connectivity index (χ1v) is 13.1. The fourth-order valence-corrected chi connectivity index (χ4v) is 7.21. The number of amides is 1. The van der Waals surface area contributed by atoms with Crippen molar-refractivity contribution in [2.45, 2.75) is 40.6 Å². The van der Waals surface area contributed by atoms with E-state index < -0.39 is 27.2 Å². The summed E-state index contributed by atoms with van der Waals surface area (Å²) in [5, 5.41) is 14.9. The first kappa shape index (κ1) is 26.6. The highest BCUT2D eigenvalue weighted by atomic mass is 32.3. The topological polar surface area (TPSA) is 155 Å². The summed E-state index contributed by atoms with van der Waals surface area (Å²) in [6, 6.07) is 1.19. The summed E-state index contributed by atoms with van der Waals surface area (Å²) in [5.74, 6) is 0. The molecule has 0 radical (unpaired) electrons. The number of likely N-dealkylation sites (N-methyl/N-ethyl adjacent to an activating group) is 1. The predicted molar refractivity (Wildman–Crippen MR) is 118 cm³/mol. The third kappa shape index (κ3) is 6.68. The minimum atomic E-state index is -3.71. The molecule has 1 atom stereocenters. The number of rotatable bonds is 13. The van der Waals surface area contributed by atoms with E-state index in [1.165, 1.54) is 9.21 Å². The second-order valence-corrected chi connectivity index (χ2v) is 10.9. The van der Waals surface area contributed by atoms with Crippen LogP contribution in [0.3, 0.4) is 0 Å². The van der Waals surface area contributed by atoms with Crippen molar-refractivity contribution in [3.8, 4) is 0 Å². The Bertz CT molecular complexity index is 879. The number of fused-ring (bicyclic) bond motifs is 1. The quantitative estimate of drug-likeness (QED) is 0.180. The minimum Gasteiger partial charge on any atom is -0.449 e. The Morgan fingerprint density at radius 3 is 2.72 bits per heavy atom. The maximum atomic E-state index is 13.1. The van der Waals surface area contributed by atoms with Crippen molar-refractivity contribution in [2.75, 3.05) is 46.6 Å². The van der Waals surface area contributed by atoms with Crippen molar-refractivity contribution >= 4 is 39.4 Å². The van der Waals surface area contributed by atoms with Gasteiger partial charge in [0.1, 0.15) is 4.21 Å². The molecule has 0 saturated carbocycles. The molecule has 2 rings (SSSR count). The zero-order valence-corrected chi connectivity index (χ0v) is 20.4. The largest absolute Gasteiger partial charge is 0.449 e. The van der Waals surface area contributed by atoms with Crippen LogP contribution < -0.4 is 5.14 Å². The van der Waals surface area contributed by atoms with E-state index in [0.717, 1.165) is 23.3 Å². The van der Waals surface area contributed by atoms with Gasteiger partial charge in [0.25, 0.3) is 15.1 Å². The van der Waals surface area contributed by atoms with Crippen LogP contribution in [-0.2, 0) is 24.3 Å². The Morgan fingerprint density at radius 1 is 1.38 bits per heavy atom. The van der Waals surface area contributed by atoms with Gasteiger partial charge in [-0.3, -0.25) is 5.14 Å². The number of carbonyl (C=O) groups excluding carboxylic acids is 1. The Morgan fingerprint density at radius 2 is 2.09 bits per heavy atom. The lowest BCUT2D eigenvalue weighted by molar-refractivity contribution is -0.757. The minimum absolute atomic E-state index is 0.0688. The van der Waals surface area contributed by atoms with E-state index in [2.05, 4.69) is 4.84 Å². The number of hydrogen-bond acceptors (Lipinski definition) is 11. The van der Waals surface area contributed by atoms with Crippen molar-refractivity contribution in [3.05, 3.63) is 21.7 Å². The molecule has 1 amide bonds. The van der Waals surface area contributed by atoms with Crippen molar-refractivity contribution in [1.29, 1.82) is 0 Å². The molecule has 15 heteroatoms. The zero-order valence-electron chi connectivity index (χ0n) is 17.9. The average molecular weight is 513 g/mol. The molecule has 0 aromatic carbocycles. The second kappa shape index (κ2) is 12.6. The number of unbranched alkanes of at least 4 members (excludes halogenated alkanes) is 1. The summed E-state index contributed by atoms with van der Waals surface area (Å²) in [6.45, 7) is 2.87. The number of methoxy groups -OCH3 is 1. The molecule has 0 saturated heterocycles. The molecular formula is C17H28N4O8S3. The van der Waals surface area contributed by atoms with Crippen LogP contribution in [0, 0.1) is 10.1 Å². The maximum absolute atomic E-state index is 13.1. The maximum Gasteiger partial charge on any atom is 0.410 e. The molecule has 0 spiro atoms. The molecule has 1 aromatic rings. The van der Waals surface area contributed by atoms with Gasteiger partial charge in [0.15, 0.2) is 0 Å². The molecule has 0 fully saturated rings. The summed E-state index contributed by atoms with van der Waals surface area (Å²) in [6.07, 6.45) is 0.700. The van der Waals surface area contributed by atoms with Crippen molar-refractivity contribution in [1.82, 2.24) is 9.21 Å². The zero-order chi connectivity index (χ0) is 23.7. The fraction of sp³-hybridized carbons (Fsp3) is 0.706. The van der Waals surface area contributed by atoms with Gasteiger partial charge in [0.05, 0.1) is 23.5 Å². The molecule has 182 valence electrons. The van der Waals surface area contributed by atoms with Crippen molar-refractivity contribution < 1.29 is 32.6 Å². The smallest absolute Gasteiger partial charge is 0.410 e. The van der Waals surface area contributed by atoms with Gasteiger partial charge in [-0.05, 0) is 44.2 Å². The highest BCUT2D eigenvalue weighted by molar-refractivity contribution is 7.99. The standard InChI is InChI=1S/C17H28N4O8S3/c1-3-20(17(22)28-9-4-5-10-29-21(23)24)14-12-19(7-6-8-27-2)32(25,26)16-13(14)11-15(30-16)31-18/h11,14H,3-10,12,18H2,1-2H3. The van der Waals surface area contributed by atoms with Crippen LogP contribution in [0.25, 0.3) is 0 Å². The number of nitrogens with zero attached hydrogens (tertiary/aromatic N) is 3. The van der Waals surface area contributed by atoms with E-state index in [1.54, 1.807) is 20.1 Å². The first-order valence-electron chi connectivity index (χ1n) is 9.96. The fourth-order valence-electron chi connectivity index (χ4n) is 3.29. The lowest BCUT2D eigenvalue weighted by Gasteiger charge is -2.37. The average Bonchev–Trinajstić information content (AvgIpc) is 3.20. The Kier molecular flexibility index (Phi) is 10.4. The Hall–Kier alpha value is -1.65. The SMILES string of the molecule is CCN(C(=O)OCCCCO[N+](=O)[O-])C1CN(CCCOC)S(=O)(=O)c2sc(SN)cc21. The van der Waals surface area contributed by atoms with Crippen LogP contribution in [0.5, 0.6) is 0 Å². The van der Waals surface area contributed by atoms with Gasteiger partial charge < -0.3 is 19.2 Å². The molecule has 1 aliphatic rings. The van der Waals surface area contributed by atoms with Crippen LogP contribution in [-0.4, -0.2) is 75.4 Å². The molecular weight excluding hydrogens is 484 g/mol. The summed E-state index contributed by atoms with van der Waals surface area (Å²) in [4.78, 5) is 28.6. The van der Waals surface area contributed by atoms with Gasteiger partial charge in [-0.15, -0.1) is 21.5 Å². The normalized spacial score (nSPS) is 17.5. The monoisotopic (exact) mass is 512 g/mol. The lowest BCUT2D eigenvalue weighted by atomic mass is 10.1. The van der Waals surface area contributed by atoms with E-state index in [4.69, 9.17) is 14.6 Å². The summed E-state index contributed by atoms with van der Waals surface area (Å²) in [7, 11) is -2.16. The van der Waals surface area contributed by atoms with Crippen LogP contribution in [0.15, 0.2) is 14.5 Å². The molecule has 2 N–H and O–H groups in total. The number of sulfonamides is 1. The molecule has 1 aliphatic heterocycles. The number of hydrogen-bond donors (Lipinski definition) is 1. The van der Waals surface area contributed by atoms with Gasteiger partial charge in [-0.2, -0.15) is 4.31 Å². The highest BCUT2D eigenvalue weighted by Crippen LogP contribution is 2.43. The Labute approximate surface area is 195 Å². The number of carbonyl (C=O) groups is 1. The van der Waals surface area contributed by atoms with Gasteiger partial charge >= 0.3 is 6.09 Å². The predicted octanol–water partition coefficient (Wildman–Crippen LogP) is 2.24. The summed E-state index contributed by atoms with van der Waals surface area (Å²) >= 11 is 2.05. The van der Waals surface area contributed by atoms with E-state index in [0.29, 0.717) is 42.2 Å². The lowest BCUT2D eigenvalue weighted by Crippen LogP contribution is -2.47. The number of ether oxygens (including phenoxy) is 2. The van der Waals surface area contributed by atoms with Crippen molar-refractivity contribution in [3.63, 3.8) is 0 Å². The van der Waals surface area contributed by atoms with E-state index in [1.807, 2.05) is 0 Å². The highest BCUT2D eigenvalue weighted by Gasteiger charge is 2.42. The molecule has 0 aliphatic carbocycles. The number of thiophene rings is 1. The third-order valence-electron chi connectivity index (χ3n) is 4.80. The molecule has 0 bridgehead atoms. The van der Waals surface area contributed by atoms with Gasteiger partial charge in [0, 0.05) is 38.9 Å². The molecule has 12 nitrogen and oxygen atoms in total. The van der Waals surface area contributed by atoms with Gasteiger partial charge in [-0.25, -0.2) is 13.2 Å². The van der Waals surface area contributed by atoms with E-state index in [-0.39, 0.29) is 30.5 Å². The van der Waals surface area contributed by atoms with Gasteiger partial charge in [0.2, 0.25) is 0 Å². The summed E-state index contributed by atoms with van der Waals surface area (Å²) in [5.41, 5.74) is 0.532. The first-order chi connectivity index (χ1) is 15.3. The van der Waals surface area contributed by atoms with Crippen LogP contribution >= 0.6 is 23.3 Å². The summed E-state index contributed by atoms with van der Waals surface area (Å²) < 4.78 is 38.8. The third-order valence-corrected chi connectivity index (χ3v) is 9.02. The Balaban J connectivity index is 2.15. The van der Waals surface area contributed by atoms with Crippen LogP contribution in [0.1, 0.15) is 37.8 Å². The molecule has 32 heavy (non-hydrogen) atoms. The molecule has 2 heterocycles. The van der Waals surface area contributed by atoms with E-state index >= 15 is 0 Å². The van der Waals surface area contributed by atoms with Crippen LogP contribution in [0.2, 0.25) is 0 Å².